The molecule has 1 rings (SSSR count). The third kappa shape index (κ3) is 4.00. The Bertz CT molecular complexity index is 357. The van der Waals surface area contributed by atoms with Gasteiger partial charge in [-0.15, -0.1) is 5.69 Å². The van der Waals surface area contributed by atoms with Crippen LogP contribution in [0.1, 0.15) is 6.42 Å². The lowest BCUT2D eigenvalue weighted by Gasteiger charge is -2.10. The van der Waals surface area contributed by atoms with E-state index in [9.17, 15) is 8.42 Å². The molecule has 0 spiro atoms. The van der Waals surface area contributed by atoms with Crippen molar-refractivity contribution in [3.63, 3.8) is 0 Å². The van der Waals surface area contributed by atoms with Crippen LogP contribution >= 0.6 is 10.3 Å². The number of nitrogens with one attached hydrogen (secondary N) is 2. The molecule has 1 aliphatic heterocycles. The van der Waals surface area contributed by atoms with E-state index in [4.69, 9.17) is 10.8 Å². The fourth-order valence-corrected chi connectivity index (χ4v) is 2.89. The van der Waals surface area contributed by atoms with Gasteiger partial charge in [0.1, 0.15) is 0 Å². The molecule has 5 nitrogen and oxygen atoms in total. The van der Waals surface area contributed by atoms with E-state index >= 15 is 0 Å². The van der Waals surface area contributed by atoms with Crippen LogP contribution in [0.15, 0.2) is 0 Å². The molecule has 0 bridgehead atoms. The third-order valence-corrected chi connectivity index (χ3v) is 4.42. The Hall–Kier alpha value is -0.0400. The van der Waals surface area contributed by atoms with Gasteiger partial charge in [-0.05, 0) is 12.7 Å². The summed E-state index contributed by atoms with van der Waals surface area (Å²) in [4.78, 5) is 0. The summed E-state index contributed by atoms with van der Waals surface area (Å²) in [6.45, 7) is 1.22. The van der Waals surface area contributed by atoms with Crippen LogP contribution in [0.25, 0.3) is 0 Å². The Morgan fingerprint density at radius 2 is 2.36 bits per heavy atom. The van der Waals surface area contributed by atoms with Gasteiger partial charge in [-0.2, -0.15) is 8.42 Å². The van der Waals surface area contributed by atoms with Crippen molar-refractivity contribution in [1.82, 2.24) is 10.0 Å². The van der Waals surface area contributed by atoms with E-state index in [2.05, 4.69) is 10.0 Å². The molecule has 1 saturated heterocycles. The molecule has 0 aromatic carbocycles. The van der Waals surface area contributed by atoms with Crippen LogP contribution in [0.3, 0.4) is 0 Å². The summed E-state index contributed by atoms with van der Waals surface area (Å²) in [6.07, 6.45) is 2.94. The van der Waals surface area contributed by atoms with Crippen LogP contribution < -0.4 is 15.2 Å². The van der Waals surface area contributed by atoms with Crippen LogP contribution in [0.4, 0.5) is 0 Å². The molecule has 0 saturated carbocycles. The first-order valence-corrected chi connectivity index (χ1v) is 7.84. The molecular formula is C7H17N3O2S2. The highest BCUT2D eigenvalue weighted by Crippen LogP contribution is 2.21. The minimum absolute atomic E-state index is 0.159. The van der Waals surface area contributed by atoms with Gasteiger partial charge in [0.15, 0.2) is 0 Å². The van der Waals surface area contributed by atoms with Crippen molar-refractivity contribution in [1.29, 1.82) is 0 Å². The maximum Gasteiger partial charge on any atom is 0.274 e. The van der Waals surface area contributed by atoms with Crippen LogP contribution in [-0.4, -0.2) is 39.1 Å². The maximum atomic E-state index is 10.6. The van der Waals surface area contributed by atoms with Gasteiger partial charge in [-0.3, -0.25) is 0 Å². The second-order valence-corrected chi connectivity index (χ2v) is 6.99. The highest BCUT2D eigenvalue weighted by molar-refractivity contribution is 8.06. The Morgan fingerprint density at radius 3 is 2.79 bits per heavy atom. The molecule has 0 amide bonds. The second kappa shape index (κ2) is 4.65. The van der Waals surface area contributed by atoms with E-state index < -0.39 is 20.5 Å². The molecule has 0 aromatic rings. The topological polar surface area (TPSA) is 84.2 Å². The molecule has 1 unspecified atom stereocenters. The van der Waals surface area contributed by atoms with Gasteiger partial charge in [0.2, 0.25) is 0 Å². The molecule has 4 N–H and O–H groups in total. The summed E-state index contributed by atoms with van der Waals surface area (Å²) in [5.74, 6) is 0. The van der Waals surface area contributed by atoms with Gasteiger partial charge in [0.25, 0.3) is 10.2 Å². The molecule has 1 fully saturated rings. The second-order valence-electron chi connectivity index (χ2n) is 3.55. The van der Waals surface area contributed by atoms with Crippen LogP contribution in [0.5, 0.6) is 0 Å². The van der Waals surface area contributed by atoms with Gasteiger partial charge < -0.3 is 5.32 Å². The summed E-state index contributed by atoms with van der Waals surface area (Å²) in [6, 6.07) is 0.159. The molecule has 1 heterocycles. The number of nitrogens with two attached hydrogens (primary N) is 1. The Morgan fingerprint density at radius 1 is 1.71 bits per heavy atom. The summed E-state index contributed by atoms with van der Waals surface area (Å²) in [7, 11) is -4.00. The minimum Gasteiger partial charge on any atom is -0.312 e. The fourth-order valence-electron chi connectivity index (χ4n) is 1.48. The molecule has 0 aliphatic carbocycles. The first kappa shape index (κ1) is 12.0. The van der Waals surface area contributed by atoms with Gasteiger partial charge in [-0.1, -0.05) is 0 Å². The van der Waals surface area contributed by atoms with Gasteiger partial charge in [-0.25, -0.2) is 20.2 Å². The Labute approximate surface area is 87.2 Å². The average Bonchev–Trinajstić information content (AvgIpc) is 2.47. The lowest BCUT2D eigenvalue weighted by molar-refractivity contribution is 0.553. The van der Waals surface area contributed by atoms with Crippen molar-refractivity contribution >= 4 is 20.5 Å². The van der Waals surface area contributed by atoms with Gasteiger partial charge >= 0.3 is 0 Å². The van der Waals surface area contributed by atoms with E-state index in [1.165, 1.54) is 0 Å². The van der Waals surface area contributed by atoms with Gasteiger partial charge in [0, 0.05) is 24.4 Å². The predicted molar refractivity (Wildman–Crippen MR) is 61.2 cm³/mol. The van der Waals surface area contributed by atoms with Gasteiger partial charge in [0.05, 0.1) is 0 Å². The van der Waals surface area contributed by atoms with E-state index in [1.807, 2.05) is 6.26 Å². The number of thiol groups is 1. The van der Waals surface area contributed by atoms with Crippen molar-refractivity contribution in [3.05, 3.63) is 0 Å². The summed E-state index contributed by atoms with van der Waals surface area (Å²) in [5, 5.41) is 8.52. The fraction of sp³-hybridized carbons (Fsp3) is 0.857. The molecule has 0 aromatic heterocycles. The lowest BCUT2D eigenvalue weighted by atomic mass is 10.2. The number of hydrogen-bond acceptors (Lipinski definition) is 3. The van der Waals surface area contributed by atoms with E-state index in [0.29, 0.717) is 11.8 Å². The number of rotatable bonds is 3. The highest BCUT2D eigenvalue weighted by Gasteiger charge is 2.23. The standard InChI is InChI=1S/C7H17N3O2S2/c1-13(2)7-3-6(9-5-7)4-10-14(8,11)12/h1,6-7,9-10,13H,3-5H2,2H3,(H2,8,11,12)/t6-,7-/m0/s1. The van der Waals surface area contributed by atoms with Crippen molar-refractivity contribution in [2.24, 2.45) is 5.14 Å². The summed E-state index contributed by atoms with van der Waals surface area (Å²) < 4.78 is 23.5. The quantitative estimate of drug-likeness (QED) is 0.463. The zero-order valence-corrected chi connectivity index (χ0v) is 9.81. The largest absolute Gasteiger partial charge is 0.312 e. The molecular weight excluding hydrogens is 222 g/mol. The smallest absolute Gasteiger partial charge is 0.274 e. The van der Waals surface area contributed by atoms with Crippen molar-refractivity contribution in [3.8, 4) is 5.69 Å². The maximum absolute atomic E-state index is 10.6. The summed E-state index contributed by atoms with van der Waals surface area (Å²) >= 11 is 0. The number of hydrogen-bond donors (Lipinski definition) is 4. The predicted octanol–water partition coefficient (Wildman–Crippen LogP) is -1.27. The molecule has 84 valence electrons. The van der Waals surface area contributed by atoms with E-state index in [0.717, 1.165) is 13.0 Å². The molecule has 7 heteroatoms. The zero-order chi connectivity index (χ0) is 10.8. The van der Waals surface area contributed by atoms with Crippen molar-refractivity contribution in [2.45, 2.75) is 17.7 Å². The molecule has 14 heavy (non-hydrogen) atoms. The Balaban J connectivity index is 2.34. The van der Waals surface area contributed by atoms with E-state index in [1.54, 1.807) is 0 Å². The zero-order valence-electron chi connectivity index (χ0n) is 8.10. The molecule has 3 atom stereocenters. The average molecular weight is 239 g/mol. The Kier molecular flexibility index (Phi) is 4.00. The minimum atomic E-state index is -3.57. The van der Waals surface area contributed by atoms with Crippen molar-refractivity contribution < 1.29 is 8.42 Å². The van der Waals surface area contributed by atoms with Crippen LogP contribution in [-0.2, 0) is 10.2 Å². The van der Waals surface area contributed by atoms with Crippen molar-refractivity contribution in [2.75, 3.05) is 19.3 Å². The molecule has 0 radical (unpaired) electrons. The molecule has 1 aliphatic rings. The third-order valence-electron chi connectivity index (χ3n) is 2.31. The highest BCUT2D eigenvalue weighted by atomic mass is 32.2. The monoisotopic (exact) mass is 239 g/mol. The lowest BCUT2D eigenvalue weighted by Crippen LogP contribution is -2.40. The normalized spacial score (nSPS) is 30.4. The van der Waals surface area contributed by atoms with E-state index in [-0.39, 0.29) is 6.04 Å². The van der Waals surface area contributed by atoms with Crippen LogP contribution in [0, 0.1) is 5.69 Å². The summed E-state index contributed by atoms with van der Waals surface area (Å²) in [5.41, 5.74) is 5.80. The first-order chi connectivity index (χ1) is 6.38. The SMILES string of the molecule is C#[SH](C)[C@@H]1CN[C@H](CNS(N)(=O)=O)C1. The van der Waals surface area contributed by atoms with Crippen LogP contribution in [0.2, 0.25) is 0 Å². The first-order valence-electron chi connectivity index (χ1n) is 4.37.